The number of amides is 3. The zero-order valence-electron chi connectivity index (χ0n) is 15.8. The van der Waals surface area contributed by atoms with Crippen LogP contribution in [0.5, 0.6) is 0 Å². The molecule has 0 bridgehead atoms. The van der Waals surface area contributed by atoms with Gasteiger partial charge in [0.2, 0.25) is 17.7 Å². The molecule has 8 heteroatoms. The van der Waals surface area contributed by atoms with Crippen LogP contribution >= 0.6 is 0 Å². The van der Waals surface area contributed by atoms with E-state index in [0.717, 1.165) is 25.9 Å². The maximum atomic E-state index is 13.7. The number of benzene rings is 1. The summed E-state index contributed by atoms with van der Waals surface area (Å²) in [6, 6.07) is 4.12. The number of hydrogen-bond acceptors (Lipinski definition) is 4. The molecule has 28 heavy (non-hydrogen) atoms. The third kappa shape index (κ3) is 3.87. The van der Waals surface area contributed by atoms with Crippen molar-refractivity contribution in [2.24, 2.45) is 0 Å². The van der Waals surface area contributed by atoms with E-state index >= 15 is 0 Å². The maximum absolute atomic E-state index is 13.7. The van der Waals surface area contributed by atoms with Crippen molar-refractivity contribution in [3.05, 3.63) is 29.6 Å². The van der Waals surface area contributed by atoms with Crippen molar-refractivity contribution < 1.29 is 18.8 Å². The van der Waals surface area contributed by atoms with E-state index < -0.39 is 11.7 Å². The molecule has 0 saturated carbocycles. The minimum atomic E-state index is -0.655. The summed E-state index contributed by atoms with van der Waals surface area (Å²) >= 11 is 0. The van der Waals surface area contributed by atoms with Crippen LogP contribution in [-0.2, 0) is 14.4 Å². The Labute approximate surface area is 163 Å². The number of halogens is 1. The van der Waals surface area contributed by atoms with Gasteiger partial charge in [-0.05, 0) is 36.6 Å². The Balaban J connectivity index is 1.37. The summed E-state index contributed by atoms with van der Waals surface area (Å²) in [5, 5.41) is 2.70. The average molecular weight is 388 g/mol. The monoisotopic (exact) mass is 388 g/mol. The molecule has 0 unspecified atom stereocenters. The standard InChI is InChI=1S/C20H25FN4O3/c21-14-3-4-17-15(11-14)16(12-18(26)22-17)20(28)25-9-7-23(8-10-25)13-19(27)24-5-1-2-6-24/h3-4,11,16H,1-2,5-10,12-13H2,(H,22,26)/t16-/m1/s1. The van der Waals surface area contributed by atoms with Crippen molar-refractivity contribution in [2.75, 3.05) is 51.1 Å². The molecule has 0 radical (unpaired) electrons. The van der Waals surface area contributed by atoms with Crippen LogP contribution in [-0.4, -0.2) is 78.2 Å². The number of anilines is 1. The lowest BCUT2D eigenvalue weighted by Gasteiger charge is -2.37. The summed E-state index contributed by atoms with van der Waals surface area (Å²) in [7, 11) is 0. The fourth-order valence-corrected chi connectivity index (χ4v) is 4.26. The van der Waals surface area contributed by atoms with E-state index in [1.165, 1.54) is 18.2 Å². The largest absolute Gasteiger partial charge is 0.342 e. The van der Waals surface area contributed by atoms with Crippen LogP contribution in [0.15, 0.2) is 18.2 Å². The van der Waals surface area contributed by atoms with Crippen LogP contribution in [0.4, 0.5) is 10.1 Å². The second kappa shape index (κ2) is 7.87. The summed E-state index contributed by atoms with van der Waals surface area (Å²) in [5.41, 5.74) is 1.04. The zero-order valence-corrected chi connectivity index (χ0v) is 15.8. The van der Waals surface area contributed by atoms with E-state index in [9.17, 15) is 18.8 Å². The highest BCUT2D eigenvalue weighted by Gasteiger charge is 2.35. The number of carbonyl (C=O) groups is 3. The van der Waals surface area contributed by atoms with Gasteiger partial charge in [-0.3, -0.25) is 19.3 Å². The fraction of sp³-hybridized carbons (Fsp3) is 0.550. The first-order valence-electron chi connectivity index (χ1n) is 9.89. The normalized spacial score (nSPS) is 22.8. The number of rotatable bonds is 3. The molecule has 1 aromatic rings. The Morgan fingerprint density at radius 3 is 2.46 bits per heavy atom. The first kappa shape index (κ1) is 18.9. The van der Waals surface area contributed by atoms with Gasteiger partial charge in [-0.1, -0.05) is 0 Å². The van der Waals surface area contributed by atoms with Gasteiger partial charge < -0.3 is 15.1 Å². The fourth-order valence-electron chi connectivity index (χ4n) is 4.26. The van der Waals surface area contributed by atoms with E-state index in [1.54, 1.807) is 4.90 Å². The molecule has 4 rings (SSSR count). The highest BCUT2D eigenvalue weighted by Crippen LogP contribution is 2.34. The number of carbonyl (C=O) groups excluding carboxylic acids is 3. The highest BCUT2D eigenvalue weighted by atomic mass is 19.1. The van der Waals surface area contributed by atoms with Crippen LogP contribution in [0.1, 0.15) is 30.7 Å². The van der Waals surface area contributed by atoms with Crippen LogP contribution in [0.2, 0.25) is 0 Å². The summed E-state index contributed by atoms with van der Waals surface area (Å²) < 4.78 is 13.7. The van der Waals surface area contributed by atoms with Gasteiger partial charge in [0.1, 0.15) is 5.82 Å². The Morgan fingerprint density at radius 2 is 1.75 bits per heavy atom. The minimum Gasteiger partial charge on any atom is -0.342 e. The molecular weight excluding hydrogens is 363 g/mol. The van der Waals surface area contributed by atoms with Crippen LogP contribution in [0, 0.1) is 5.82 Å². The van der Waals surface area contributed by atoms with Crippen molar-refractivity contribution in [1.29, 1.82) is 0 Å². The number of fused-ring (bicyclic) bond motifs is 1. The topological polar surface area (TPSA) is 73.0 Å². The van der Waals surface area contributed by atoms with Gasteiger partial charge in [0.25, 0.3) is 0 Å². The van der Waals surface area contributed by atoms with E-state index in [-0.39, 0.29) is 24.1 Å². The minimum absolute atomic E-state index is 0.0307. The Morgan fingerprint density at radius 1 is 1.04 bits per heavy atom. The van der Waals surface area contributed by atoms with Gasteiger partial charge in [0.05, 0.1) is 12.5 Å². The Bertz CT molecular complexity index is 786. The predicted molar refractivity (Wildman–Crippen MR) is 101 cm³/mol. The Kier molecular flexibility index (Phi) is 5.30. The lowest BCUT2D eigenvalue weighted by atomic mass is 9.89. The number of nitrogens with zero attached hydrogens (tertiary/aromatic N) is 3. The van der Waals surface area contributed by atoms with Gasteiger partial charge in [-0.25, -0.2) is 4.39 Å². The number of nitrogens with one attached hydrogen (secondary N) is 1. The van der Waals surface area contributed by atoms with E-state index in [4.69, 9.17) is 0 Å². The highest BCUT2D eigenvalue weighted by molar-refractivity contribution is 6.01. The lowest BCUT2D eigenvalue weighted by molar-refractivity contribution is -0.137. The molecule has 2 saturated heterocycles. The quantitative estimate of drug-likeness (QED) is 0.839. The summed E-state index contributed by atoms with van der Waals surface area (Å²) in [6.45, 7) is 4.35. The van der Waals surface area contributed by atoms with Crippen molar-refractivity contribution in [1.82, 2.24) is 14.7 Å². The first-order valence-corrected chi connectivity index (χ1v) is 9.89. The smallest absolute Gasteiger partial charge is 0.236 e. The molecule has 1 aromatic carbocycles. The van der Waals surface area contributed by atoms with E-state index in [0.29, 0.717) is 44.0 Å². The molecule has 3 aliphatic heterocycles. The molecule has 2 fully saturated rings. The van der Waals surface area contributed by atoms with Gasteiger partial charge in [-0.2, -0.15) is 0 Å². The predicted octanol–water partition coefficient (Wildman–Crippen LogP) is 1.02. The molecule has 7 nitrogen and oxygen atoms in total. The molecule has 3 aliphatic rings. The van der Waals surface area contributed by atoms with Gasteiger partial charge in [-0.15, -0.1) is 0 Å². The molecular formula is C20H25FN4O3. The first-order chi connectivity index (χ1) is 13.5. The second-order valence-electron chi connectivity index (χ2n) is 7.73. The lowest BCUT2D eigenvalue weighted by Crippen LogP contribution is -2.52. The molecule has 150 valence electrons. The average Bonchev–Trinajstić information content (AvgIpc) is 3.23. The molecule has 0 aromatic heterocycles. The van der Waals surface area contributed by atoms with Gasteiger partial charge in [0.15, 0.2) is 0 Å². The third-order valence-corrected chi connectivity index (χ3v) is 5.85. The van der Waals surface area contributed by atoms with Gasteiger partial charge in [0, 0.05) is 51.4 Å². The van der Waals surface area contributed by atoms with Gasteiger partial charge >= 0.3 is 0 Å². The summed E-state index contributed by atoms with van der Waals surface area (Å²) in [6.07, 6.45) is 2.18. The molecule has 3 amide bonds. The van der Waals surface area contributed by atoms with Crippen LogP contribution in [0.3, 0.4) is 0 Å². The molecule has 3 heterocycles. The molecule has 1 atom stereocenters. The van der Waals surface area contributed by atoms with E-state index in [1.807, 2.05) is 4.90 Å². The third-order valence-electron chi connectivity index (χ3n) is 5.85. The number of hydrogen-bond donors (Lipinski definition) is 1. The van der Waals surface area contributed by atoms with Crippen molar-refractivity contribution in [2.45, 2.75) is 25.2 Å². The molecule has 0 spiro atoms. The maximum Gasteiger partial charge on any atom is 0.236 e. The van der Waals surface area contributed by atoms with Crippen LogP contribution < -0.4 is 5.32 Å². The second-order valence-corrected chi connectivity index (χ2v) is 7.73. The zero-order chi connectivity index (χ0) is 19.7. The van der Waals surface area contributed by atoms with E-state index in [2.05, 4.69) is 10.2 Å². The van der Waals surface area contributed by atoms with Crippen LogP contribution in [0.25, 0.3) is 0 Å². The van der Waals surface area contributed by atoms with Crippen molar-refractivity contribution >= 4 is 23.4 Å². The van der Waals surface area contributed by atoms with Crippen molar-refractivity contribution in [3.8, 4) is 0 Å². The Hall–Kier alpha value is -2.48. The van der Waals surface area contributed by atoms with Crippen molar-refractivity contribution in [3.63, 3.8) is 0 Å². The number of piperazine rings is 1. The molecule has 1 N–H and O–H groups in total. The summed E-state index contributed by atoms with van der Waals surface area (Å²) in [5.74, 6) is -1.29. The SMILES string of the molecule is O=C1C[C@@H](C(=O)N2CCN(CC(=O)N3CCCC3)CC2)c2cc(F)ccc2N1. The summed E-state index contributed by atoms with van der Waals surface area (Å²) in [4.78, 5) is 43.0. The number of likely N-dealkylation sites (tertiary alicyclic amines) is 1. The molecule has 0 aliphatic carbocycles.